The van der Waals surface area contributed by atoms with Crippen molar-refractivity contribution in [3.63, 3.8) is 0 Å². The van der Waals surface area contributed by atoms with E-state index in [0.717, 1.165) is 49.4 Å². The van der Waals surface area contributed by atoms with Crippen molar-refractivity contribution in [1.29, 1.82) is 0 Å². The molecule has 2 aliphatic rings. The van der Waals surface area contributed by atoms with Crippen molar-refractivity contribution >= 4 is 24.0 Å². The molecule has 1 unspecified atom stereocenters. The van der Waals surface area contributed by atoms with Crippen LogP contribution in [0.25, 0.3) is 0 Å². The molecule has 6 heteroatoms. The van der Waals surface area contributed by atoms with Crippen molar-refractivity contribution in [3.05, 3.63) is 17.7 Å². The fourth-order valence-corrected chi connectivity index (χ4v) is 3.12. The second-order valence-corrected chi connectivity index (χ2v) is 6.05. The maximum atomic E-state index is 12.4. The fraction of sp³-hybridized carbons (Fsp3) is 0.588. The van der Waals surface area contributed by atoms with Crippen LogP contribution in [0.4, 0.5) is 5.69 Å². The third-order valence-electron chi connectivity index (χ3n) is 4.22. The molecule has 1 amide bonds. The molecule has 0 saturated carbocycles. The molecule has 2 heterocycles. The largest absolute Gasteiger partial charge is 0.492 e. The minimum absolute atomic E-state index is 0. The Balaban J connectivity index is 0.00000192. The molecular weight excluding hydrogens is 316 g/mol. The van der Waals surface area contributed by atoms with Crippen molar-refractivity contribution in [1.82, 2.24) is 5.32 Å². The first kappa shape index (κ1) is 17.9. The Labute approximate surface area is 143 Å². The highest BCUT2D eigenvalue weighted by Crippen LogP contribution is 2.38. The number of benzene rings is 1. The van der Waals surface area contributed by atoms with Gasteiger partial charge in [0.2, 0.25) is 5.91 Å². The van der Waals surface area contributed by atoms with Gasteiger partial charge in [-0.2, -0.15) is 0 Å². The SMILES string of the molecule is CCOc1cc2c(cc1NC(=O)[C@@H]1CCCNC1)OC(C)C2.Cl. The second-order valence-electron chi connectivity index (χ2n) is 6.05. The molecule has 2 aliphatic heterocycles. The van der Waals surface area contributed by atoms with Crippen LogP contribution in [0.1, 0.15) is 32.3 Å². The average Bonchev–Trinajstić information content (AvgIpc) is 2.87. The lowest BCUT2D eigenvalue weighted by Crippen LogP contribution is -2.37. The lowest BCUT2D eigenvalue weighted by Gasteiger charge is -2.22. The number of hydrogen-bond donors (Lipinski definition) is 2. The van der Waals surface area contributed by atoms with Gasteiger partial charge in [0, 0.05) is 24.6 Å². The van der Waals surface area contributed by atoms with Crippen molar-refractivity contribution in [3.8, 4) is 11.5 Å². The van der Waals surface area contributed by atoms with Gasteiger partial charge in [-0.15, -0.1) is 12.4 Å². The summed E-state index contributed by atoms with van der Waals surface area (Å²) in [5.41, 5.74) is 1.86. The number of ether oxygens (including phenoxy) is 2. The van der Waals surface area contributed by atoms with E-state index in [1.54, 1.807) is 0 Å². The van der Waals surface area contributed by atoms with Gasteiger partial charge in [-0.05, 0) is 39.3 Å². The van der Waals surface area contributed by atoms with Crippen molar-refractivity contribution in [2.45, 2.75) is 39.2 Å². The van der Waals surface area contributed by atoms with Crippen LogP contribution in [0, 0.1) is 5.92 Å². The van der Waals surface area contributed by atoms with Crippen LogP contribution < -0.4 is 20.1 Å². The molecule has 0 bridgehead atoms. The molecule has 0 aliphatic carbocycles. The molecular formula is C17H25ClN2O3. The number of hydrogen-bond acceptors (Lipinski definition) is 4. The highest BCUT2D eigenvalue weighted by Gasteiger charge is 2.25. The predicted molar refractivity (Wildman–Crippen MR) is 92.9 cm³/mol. The van der Waals surface area contributed by atoms with Crippen LogP contribution in [0.3, 0.4) is 0 Å². The summed E-state index contributed by atoms with van der Waals surface area (Å²) in [6, 6.07) is 3.90. The van der Waals surface area contributed by atoms with Crippen LogP contribution in [0.5, 0.6) is 11.5 Å². The van der Waals surface area contributed by atoms with E-state index in [-0.39, 0.29) is 30.3 Å². The summed E-state index contributed by atoms with van der Waals surface area (Å²) < 4.78 is 11.5. The molecule has 128 valence electrons. The van der Waals surface area contributed by atoms with Crippen molar-refractivity contribution in [2.24, 2.45) is 5.92 Å². The Morgan fingerprint density at radius 1 is 1.48 bits per heavy atom. The van der Waals surface area contributed by atoms with Gasteiger partial charge in [0.05, 0.1) is 18.2 Å². The van der Waals surface area contributed by atoms with Gasteiger partial charge in [0.1, 0.15) is 17.6 Å². The van der Waals surface area contributed by atoms with Crippen LogP contribution in [0.15, 0.2) is 12.1 Å². The standard InChI is InChI=1S/C17H24N2O3.ClH/c1-3-21-16-8-13-7-11(2)22-15(13)9-14(16)19-17(20)12-5-4-6-18-10-12;/h8-9,11-12,18H,3-7,10H2,1-2H3,(H,19,20);1H/t11?,12-;/m1./s1. The van der Waals surface area contributed by atoms with E-state index in [2.05, 4.69) is 10.6 Å². The summed E-state index contributed by atoms with van der Waals surface area (Å²) >= 11 is 0. The third kappa shape index (κ3) is 4.09. The van der Waals surface area contributed by atoms with E-state index >= 15 is 0 Å². The second kappa shape index (κ2) is 7.88. The minimum Gasteiger partial charge on any atom is -0.492 e. The van der Waals surface area contributed by atoms with Gasteiger partial charge in [-0.1, -0.05) is 0 Å². The minimum atomic E-state index is 0. The quantitative estimate of drug-likeness (QED) is 0.884. The topological polar surface area (TPSA) is 59.6 Å². The zero-order valence-electron chi connectivity index (χ0n) is 13.7. The van der Waals surface area contributed by atoms with E-state index < -0.39 is 0 Å². The summed E-state index contributed by atoms with van der Waals surface area (Å²) in [7, 11) is 0. The van der Waals surface area contributed by atoms with Gasteiger partial charge in [-0.25, -0.2) is 0 Å². The number of carbonyl (C=O) groups excluding carboxylic acids is 1. The number of nitrogens with one attached hydrogen (secondary N) is 2. The number of amides is 1. The van der Waals surface area contributed by atoms with Gasteiger partial charge >= 0.3 is 0 Å². The summed E-state index contributed by atoms with van der Waals surface area (Å²) in [5.74, 6) is 1.67. The van der Waals surface area contributed by atoms with Gasteiger partial charge in [0.15, 0.2) is 0 Å². The Morgan fingerprint density at radius 2 is 2.30 bits per heavy atom. The smallest absolute Gasteiger partial charge is 0.228 e. The van der Waals surface area contributed by atoms with E-state index in [9.17, 15) is 4.79 Å². The summed E-state index contributed by atoms with van der Waals surface area (Å²) in [6.07, 6.45) is 3.04. The molecule has 5 nitrogen and oxygen atoms in total. The normalized spacial score (nSPS) is 22.5. The van der Waals surface area contributed by atoms with Crippen LogP contribution in [-0.2, 0) is 11.2 Å². The molecule has 0 radical (unpaired) electrons. The third-order valence-corrected chi connectivity index (χ3v) is 4.22. The van der Waals surface area contributed by atoms with Crippen LogP contribution in [0.2, 0.25) is 0 Å². The highest BCUT2D eigenvalue weighted by atomic mass is 35.5. The number of carbonyl (C=O) groups is 1. The maximum Gasteiger partial charge on any atom is 0.228 e. The summed E-state index contributed by atoms with van der Waals surface area (Å²) in [6.45, 7) is 6.31. The van der Waals surface area contributed by atoms with Gasteiger partial charge in [-0.3, -0.25) is 4.79 Å². The predicted octanol–water partition coefficient (Wildman–Crippen LogP) is 2.77. The lowest BCUT2D eigenvalue weighted by molar-refractivity contribution is -0.120. The van der Waals surface area contributed by atoms with E-state index in [4.69, 9.17) is 9.47 Å². The molecule has 2 N–H and O–H groups in total. The van der Waals surface area contributed by atoms with E-state index in [0.29, 0.717) is 12.3 Å². The molecule has 3 rings (SSSR count). The van der Waals surface area contributed by atoms with Gasteiger partial charge < -0.3 is 20.1 Å². The molecule has 2 atom stereocenters. The van der Waals surface area contributed by atoms with Crippen LogP contribution >= 0.6 is 12.4 Å². The first-order valence-electron chi connectivity index (χ1n) is 8.15. The van der Waals surface area contributed by atoms with Crippen LogP contribution in [-0.4, -0.2) is 31.7 Å². The first-order chi connectivity index (χ1) is 10.7. The Bertz CT molecular complexity index is 559. The molecule has 1 aromatic rings. The summed E-state index contributed by atoms with van der Waals surface area (Å²) in [4.78, 5) is 12.4. The number of anilines is 1. The molecule has 1 saturated heterocycles. The number of fused-ring (bicyclic) bond motifs is 1. The molecule has 0 spiro atoms. The molecule has 0 aromatic heterocycles. The van der Waals surface area contributed by atoms with Crippen molar-refractivity contribution < 1.29 is 14.3 Å². The Morgan fingerprint density at radius 3 is 3.00 bits per heavy atom. The summed E-state index contributed by atoms with van der Waals surface area (Å²) in [5, 5.41) is 6.30. The Kier molecular flexibility index (Phi) is 6.13. The first-order valence-corrected chi connectivity index (χ1v) is 8.15. The number of halogens is 1. The fourth-order valence-electron chi connectivity index (χ4n) is 3.12. The van der Waals surface area contributed by atoms with Gasteiger partial charge in [0.25, 0.3) is 0 Å². The number of piperidine rings is 1. The molecule has 23 heavy (non-hydrogen) atoms. The average molecular weight is 341 g/mol. The lowest BCUT2D eigenvalue weighted by atomic mass is 9.98. The Hall–Kier alpha value is -1.46. The molecule has 1 fully saturated rings. The molecule has 1 aromatic carbocycles. The zero-order chi connectivity index (χ0) is 15.5. The highest BCUT2D eigenvalue weighted by molar-refractivity contribution is 5.94. The maximum absolute atomic E-state index is 12.4. The van der Waals surface area contributed by atoms with E-state index in [1.165, 1.54) is 0 Å². The monoisotopic (exact) mass is 340 g/mol. The zero-order valence-corrected chi connectivity index (χ0v) is 14.5. The number of rotatable bonds is 4. The van der Waals surface area contributed by atoms with E-state index in [1.807, 2.05) is 26.0 Å². The van der Waals surface area contributed by atoms with Crippen molar-refractivity contribution in [2.75, 3.05) is 25.0 Å².